The van der Waals surface area contributed by atoms with Crippen molar-refractivity contribution in [3.63, 3.8) is 0 Å². The Morgan fingerprint density at radius 1 is 0.650 bits per heavy atom. The zero-order valence-corrected chi connectivity index (χ0v) is 12.4. The van der Waals surface area contributed by atoms with E-state index in [-0.39, 0.29) is 29.7 Å². The van der Waals surface area contributed by atoms with Gasteiger partial charge in [0, 0.05) is 13.2 Å². The maximum atomic E-state index is 5.45. The fourth-order valence-corrected chi connectivity index (χ4v) is 0.877. The maximum absolute atomic E-state index is 5.45. The van der Waals surface area contributed by atoms with Crippen molar-refractivity contribution in [1.29, 1.82) is 0 Å². The van der Waals surface area contributed by atoms with Gasteiger partial charge in [0.1, 0.15) is 0 Å². The number of rotatable bonds is 7. The number of ether oxygens (including phenoxy) is 2. The summed E-state index contributed by atoms with van der Waals surface area (Å²) in [6.07, 6.45) is 3.12. The lowest BCUT2D eigenvalue weighted by Crippen LogP contribution is -2.10. The third-order valence-electron chi connectivity index (χ3n) is 2.32. The highest BCUT2D eigenvalue weighted by Crippen LogP contribution is 1.99. The average Bonchev–Trinajstić information content (AvgIpc) is 2.26. The van der Waals surface area contributed by atoms with E-state index < -0.39 is 0 Å². The molecule has 0 spiro atoms. The van der Waals surface area contributed by atoms with Crippen molar-refractivity contribution in [3.05, 3.63) is 0 Å². The quantitative estimate of drug-likeness (QED) is 0.513. The first-order valence-electron chi connectivity index (χ1n) is 6.70. The van der Waals surface area contributed by atoms with Gasteiger partial charge in [-0.25, -0.2) is 0 Å². The fraction of sp³-hybridized carbons (Fsp3) is 1.00. The van der Waals surface area contributed by atoms with E-state index >= 15 is 0 Å². The van der Waals surface area contributed by atoms with E-state index in [2.05, 4.69) is 41.5 Å². The first kappa shape index (κ1) is 36.8. The molecule has 0 aliphatic rings. The highest BCUT2D eigenvalue weighted by atomic mass is 16.5. The SMILES string of the molecule is C.C.C.C.CCC(C)OCC(C)C.CCOC(C)CC. The van der Waals surface area contributed by atoms with Crippen LogP contribution in [0.25, 0.3) is 0 Å². The average molecular weight is 297 g/mol. The van der Waals surface area contributed by atoms with Gasteiger partial charge >= 0.3 is 0 Å². The molecule has 0 fully saturated rings. The van der Waals surface area contributed by atoms with Crippen LogP contribution in [0, 0.1) is 5.92 Å². The molecular weight excluding hydrogens is 248 g/mol. The summed E-state index contributed by atoms with van der Waals surface area (Å²) in [5.41, 5.74) is 0. The fourth-order valence-electron chi connectivity index (χ4n) is 0.877. The summed E-state index contributed by atoms with van der Waals surface area (Å²) in [6.45, 7) is 16.6. The van der Waals surface area contributed by atoms with Gasteiger partial charge in [0.25, 0.3) is 0 Å². The van der Waals surface area contributed by atoms with Crippen LogP contribution < -0.4 is 0 Å². The van der Waals surface area contributed by atoms with Crippen molar-refractivity contribution >= 4 is 0 Å². The van der Waals surface area contributed by atoms with Gasteiger partial charge in [0.05, 0.1) is 12.2 Å². The van der Waals surface area contributed by atoms with E-state index in [9.17, 15) is 0 Å². The van der Waals surface area contributed by atoms with Crippen molar-refractivity contribution in [1.82, 2.24) is 0 Å². The number of hydrogen-bond acceptors (Lipinski definition) is 2. The van der Waals surface area contributed by atoms with Crippen LogP contribution in [-0.4, -0.2) is 25.4 Å². The minimum absolute atomic E-state index is 0. The van der Waals surface area contributed by atoms with E-state index in [4.69, 9.17) is 9.47 Å². The van der Waals surface area contributed by atoms with Crippen molar-refractivity contribution in [2.45, 2.75) is 103 Å². The molecule has 2 nitrogen and oxygen atoms in total. The molecule has 2 atom stereocenters. The summed E-state index contributed by atoms with van der Waals surface area (Å²) in [4.78, 5) is 0. The second kappa shape index (κ2) is 27.3. The van der Waals surface area contributed by atoms with Crippen LogP contribution in [0.2, 0.25) is 0 Å². The summed E-state index contributed by atoms with van der Waals surface area (Å²) in [7, 11) is 0. The summed E-state index contributed by atoms with van der Waals surface area (Å²) in [5.74, 6) is 0.666. The van der Waals surface area contributed by atoms with Crippen LogP contribution >= 0.6 is 0 Å². The second-order valence-electron chi connectivity index (χ2n) is 4.62. The molecule has 2 unspecified atom stereocenters. The Morgan fingerprint density at radius 2 is 1.00 bits per heavy atom. The first-order valence-corrected chi connectivity index (χ1v) is 6.70. The van der Waals surface area contributed by atoms with Gasteiger partial charge in [-0.05, 0) is 39.5 Å². The molecule has 20 heavy (non-hydrogen) atoms. The van der Waals surface area contributed by atoms with Gasteiger partial charge < -0.3 is 9.47 Å². The third-order valence-corrected chi connectivity index (χ3v) is 2.32. The van der Waals surface area contributed by atoms with E-state index in [1.54, 1.807) is 0 Å². The predicted octanol–water partition coefficient (Wildman–Crippen LogP) is 6.82. The summed E-state index contributed by atoms with van der Waals surface area (Å²) in [6, 6.07) is 0. The molecule has 0 saturated carbocycles. The van der Waals surface area contributed by atoms with E-state index in [0.29, 0.717) is 18.1 Å². The van der Waals surface area contributed by atoms with Gasteiger partial charge in [-0.15, -0.1) is 0 Å². The van der Waals surface area contributed by atoms with Gasteiger partial charge in [0.15, 0.2) is 0 Å². The van der Waals surface area contributed by atoms with Gasteiger partial charge in [-0.2, -0.15) is 0 Å². The lowest BCUT2D eigenvalue weighted by molar-refractivity contribution is 0.0455. The molecule has 2 heteroatoms. The largest absolute Gasteiger partial charge is 0.379 e. The molecule has 0 aliphatic carbocycles. The smallest absolute Gasteiger partial charge is 0.0544 e. The highest BCUT2D eigenvalue weighted by Gasteiger charge is 1.98. The van der Waals surface area contributed by atoms with Crippen molar-refractivity contribution in [3.8, 4) is 0 Å². The Hall–Kier alpha value is -0.0800. The molecule has 0 aromatic rings. The van der Waals surface area contributed by atoms with Crippen LogP contribution in [0.4, 0.5) is 0 Å². The lowest BCUT2D eigenvalue weighted by atomic mass is 10.2. The lowest BCUT2D eigenvalue weighted by Gasteiger charge is -2.11. The van der Waals surface area contributed by atoms with Crippen LogP contribution in [0.1, 0.15) is 91.0 Å². The minimum Gasteiger partial charge on any atom is -0.379 e. The van der Waals surface area contributed by atoms with E-state index in [1.807, 2.05) is 6.92 Å². The Morgan fingerprint density at radius 3 is 1.20 bits per heavy atom. The summed E-state index contributed by atoms with van der Waals surface area (Å²) < 4.78 is 10.6. The standard InChI is InChI=1S/C8H18O.C6H14O.4CH4/c1-5-8(4)9-6-7(2)3;1-4-6(3)7-5-2;;;;/h7-8H,5-6H2,1-4H3;6H,4-5H2,1-3H3;4*1H4. The topological polar surface area (TPSA) is 18.5 Å². The summed E-state index contributed by atoms with van der Waals surface area (Å²) in [5, 5.41) is 0. The molecule has 0 N–H and O–H groups in total. The Kier molecular flexibility index (Phi) is 50.2. The molecule has 0 amide bonds. The molecular formula is C18H48O2. The van der Waals surface area contributed by atoms with Gasteiger partial charge in [-0.1, -0.05) is 57.4 Å². The Balaban J connectivity index is -0.0000000416. The molecule has 0 saturated heterocycles. The van der Waals surface area contributed by atoms with Gasteiger partial charge in [-0.3, -0.25) is 0 Å². The monoisotopic (exact) mass is 296 g/mol. The van der Waals surface area contributed by atoms with Crippen LogP contribution in [0.3, 0.4) is 0 Å². The van der Waals surface area contributed by atoms with Crippen LogP contribution in [0.5, 0.6) is 0 Å². The van der Waals surface area contributed by atoms with E-state index in [1.165, 1.54) is 0 Å². The Labute approximate surface area is 132 Å². The normalized spacial score (nSPS) is 11.4. The zero-order valence-electron chi connectivity index (χ0n) is 12.4. The van der Waals surface area contributed by atoms with Gasteiger partial charge in [0.2, 0.25) is 0 Å². The molecule has 0 rings (SSSR count). The molecule has 132 valence electrons. The third kappa shape index (κ3) is 36.1. The van der Waals surface area contributed by atoms with Crippen molar-refractivity contribution < 1.29 is 9.47 Å². The minimum atomic E-state index is 0. The maximum Gasteiger partial charge on any atom is 0.0544 e. The molecule has 0 aromatic heterocycles. The molecule has 0 bridgehead atoms. The van der Waals surface area contributed by atoms with Crippen LogP contribution in [-0.2, 0) is 9.47 Å². The predicted molar refractivity (Wildman–Crippen MR) is 98.8 cm³/mol. The van der Waals surface area contributed by atoms with Crippen molar-refractivity contribution in [2.24, 2.45) is 5.92 Å². The second-order valence-corrected chi connectivity index (χ2v) is 4.62. The van der Waals surface area contributed by atoms with Crippen molar-refractivity contribution in [2.75, 3.05) is 13.2 Å². The molecule has 0 aromatic carbocycles. The molecule has 0 aliphatic heterocycles. The van der Waals surface area contributed by atoms with E-state index in [0.717, 1.165) is 26.1 Å². The Bertz CT molecular complexity index is 125. The number of hydrogen-bond donors (Lipinski definition) is 0. The van der Waals surface area contributed by atoms with Crippen LogP contribution in [0.15, 0.2) is 0 Å². The summed E-state index contributed by atoms with van der Waals surface area (Å²) >= 11 is 0. The zero-order chi connectivity index (χ0) is 13.0. The molecule has 0 radical (unpaired) electrons. The first-order chi connectivity index (χ1) is 7.47. The molecule has 0 heterocycles. The highest BCUT2D eigenvalue weighted by molar-refractivity contribution is 4.46.